The van der Waals surface area contributed by atoms with Crippen LogP contribution in [0.1, 0.15) is 22.7 Å². The molecule has 21 heavy (non-hydrogen) atoms. The minimum absolute atomic E-state index is 0.0769. The van der Waals surface area contributed by atoms with Gasteiger partial charge in [-0.15, -0.1) is 0 Å². The Morgan fingerprint density at radius 2 is 1.76 bits per heavy atom. The van der Waals surface area contributed by atoms with Crippen molar-refractivity contribution >= 4 is 27.5 Å². The van der Waals surface area contributed by atoms with E-state index in [0.717, 1.165) is 6.07 Å². The number of aryl methyl sites for hydroxylation is 1. The Hall–Kier alpha value is -1.04. The molecule has 112 valence electrons. The molecule has 1 N–H and O–H groups in total. The lowest BCUT2D eigenvalue weighted by atomic mass is 9.96. The van der Waals surface area contributed by atoms with Crippen LogP contribution < -0.4 is 5.32 Å². The van der Waals surface area contributed by atoms with Crippen molar-refractivity contribution in [3.63, 3.8) is 0 Å². The number of hydrogen-bond acceptors (Lipinski definition) is 1. The van der Waals surface area contributed by atoms with Crippen molar-refractivity contribution in [2.45, 2.75) is 13.0 Å². The van der Waals surface area contributed by atoms with Crippen molar-refractivity contribution in [3.8, 4) is 0 Å². The molecule has 1 atom stereocenters. The van der Waals surface area contributed by atoms with Gasteiger partial charge < -0.3 is 5.32 Å². The van der Waals surface area contributed by atoms with Crippen molar-refractivity contribution in [2.24, 2.45) is 0 Å². The van der Waals surface area contributed by atoms with E-state index in [4.69, 9.17) is 11.6 Å². The molecule has 0 radical (unpaired) electrons. The Labute approximate surface area is 134 Å². The average molecular weight is 379 g/mol. The Balaban J connectivity index is 2.60. The van der Waals surface area contributed by atoms with E-state index in [1.165, 1.54) is 19.1 Å². The highest BCUT2D eigenvalue weighted by Gasteiger charge is 2.23. The van der Waals surface area contributed by atoms with Crippen molar-refractivity contribution in [1.29, 1.82) is 0 Å². The first kappa shape index (κ1) is 16.3. The van der Waals surface area contributed by atoms with Crippen molar-refractivity contribution in [1.82, 2.24) is 5.32 Å². The summed E-state index contributed by atoms with van der Waals surface area (Å²) < 4.78 is 42.1. The SMILES string of the molecule is CNC(c1cc(C)c(F)cc1F)c1ccc(Br)c(Cl)c1F. The fraction of sp³-hybridized carbons (Fsp3) is 0.200. The summed E-state index contributed by atoms with van der Waals surface area (Å²) in [6.45, 7) is 1.52. The molecule has 2 aromatic rings. The molecule has 2 rings (SSSR count). The highest BCUT2D eigenvalue weighted by Crippen LogP contribution is 2.34. The number of rotatable bonds is 3. The van der Waals surface area contributed by atoms with Gasteiger partial charge in [-0.1, -0.05) is 17.7 Å². The molecule has 0 amide bonds. The van der Waals surface area contributed by atoms with Gasteiger partial charge >= 0.3 is 0 Å². The first-order chi connectivity index (χ1) is 9.86. The molecule has 1 unspecified atom stereocenters. The molecule has 1 nitrogen and oxygen atoms in total. The van der Waals surface area contributed by atoms with Gasteiger partial charge in [-0.3, -0.25) is 0 Å². The lowest BCUT2D eigenvalue weighted by Gasteiger charge is -2.20. The molecule has 0 spiro atoms. The monoisotopic (exact) mass is 377 g/mol. The van der Waals surface area contributed by atoms with E-state index in [1.807, 2.05) is 0 Å². The van der Waals surface area contributed by atoms with Crippen molar-refractivity contribution in [3.05, 3.63) is 67.9 Å². The van der Waals surface area contributed by atoms with Crippen LogP contribution in [-0.4, -0.2) is 7.05 Å². The third-order valence-electron chi connectivity index (χ3n) is 3.25. The first-order valence-corrected chi connectivity index (χ1v) is 7.30. The zero-order chi connectivity index (χ0) is 15.7. The fourth-order valence-electron chi connectivity index (χ4n) is 2.14. The van der Waals surface area contributed by atoms with Gasteiger partial charge in [0.15, 0.2) is 0 Å². The molecule has 0 saturated carbocycles. The molecule has 0 aliphatic heterocycles. The van der Waals surface area contributed by atoms with Crippen LogP contribution in [0.25, 0.3) is 0 Å². The summed E-state index contributed by atoms with van der Waals surface area (Å²) >= 11 is 8.99. The Kier molecular flexibility index (Phi) is 4.96. The highest BCUT2D eigenvalue weighted by molar-refractivity contribution is 9.10. The van der Waals surface area contributed by atoms with Crippen LogP contribution in [0.3, 0.4) is 0 Å². The second kappa shape index (κ2) is 6.38. The summed E-state index contributed by atoms with van der Waals surface area (Å²) in [5, 5.41) is 2.76. The molecular weight excluding hydrogens is 367 g/mol. The van der Waals surface area contributed by atoms with Crippen LogP contribution >= 0.6 is 27.5 Å². The Bertz CT molecular complexity index is 689. The largest absolute Gasteiger partial charge is 0.309 e. The molecular formula is C15H12BrClF3N. The van der Waals surface area contributed by atoms with E-state index in [1.54, 1.807) is 13.1 Å². The maximum absolute atomic E-state index is 14.3. The second-order valence-corrected chi connectivity index (χ2v) is 5.84. The van der Waals surface area contributed by atoms with Crippen LogP contribution in [0, 0.1) is 24.4 Å². The van der Waals surface area contributed by atoms with E-state index in [9.17, 15) is 13.2 Å². The Morgan fingerprint density at radius 1 is 1.10 bits per heavy atom. The van der Waals surface area contributed by atoms with Gasteiger partial charge in [0.2, 0.25) is 0 Å². The van der Waals surface area contributed by atoms with E-state index < -0.39 is 23.5 Å². The van der Waals surface area contributed by atoms with Crippen molar-refractivity contribution in [2.75, 3.05) is 7.05 Å². The van der Waals surface area contributed by atoms with E-state index in [2.05, 4.69) is 21.2 Å². The smallest absolute Gasteiger partial charge is 0.148 e. The summed E-state index contributed by atoms with van der Waals surface area (Å²) in [5.74, 6) is -2.02. The molecule has 0 bridgehead atoms. The van der Waals surface area contributed by atoms with Crippen LogP contribution in [0.4, 0.5) is 13.2 Å². The maximum atomic E-state index is 14.3. The second-order valence-electron chi connectivity index (χ2n) is 4.61. The molecule has 2 aromatic carbocycles. The third kappa shape index (κ3) is 3.10. The summed E-state index contributed by atoms with van der Waals surface area (Å²) in [5.41, 5.74) is 0.638. The van der Waals surface area contributed by atoms with Gasteiger partial charge in [0.25, 0.3) is 0 Å². The van der Waals surface area contributed by atoms with E-state index in [-0.39, 0.29) is 21.7 Å². The molecule has 6 heteroatoms. The lowest BCUT2D eigenvalue weighted by Crippen LogP contribution is -2.21. The van der Waals surface area contributed by atoms with E-state index >= 15 is 0 Å². The van der Waals surface area contributed by atoms with Gasteiger partial charge in [0.1, 0.15) is 17.5 Å². The van der Waals surface area contributed by atoms with Gasteiger partial charge in [-0.2, -0.15) is 0 Å². The number of hydrogen-bond donors (Lipinski definition) is 1. The normalized spacial score (nSPS) is 12.5. The summed E-state index contributed by atoms with van der Waals surface area (Å²) in [6, 6.07) is 4.48. The summed E-state index contributed by atoms with van der Waals surface area (Å²) in [7, 11) is 1.57. The van der Waals surface area contributed by atoms with Crippen LogP contribution in [0.15, 0.2) is 28.7 Å². The zero-order valence-electron chi connectivity index (χ0n) is 11.3. The molecule has 0 aliphatic rings. The zero-order valence-corrected chi connectivity index (χ0v) is 13.6. The first-order valence-electron chi connectivity index (χ1n) is 6.13. The predicted octanol–water partition coefficient (Wildman–Crippen LogP) is 5.14. The van der Waals surface area contributed by atoms with Gasteiger partial charge in [-0.05, 0) is 47.6 Å². The third-order valence-corrected chi connectivity index (χ3v) is 4.51. The fourth-order valence-corrected chi connectivity index (χ4v) is 2.62. The Morgan fingerprint density at radius 3 is 2.38 bits per heavy atom. The number of nitrogens with one attached hydrogen (secondary N) is 1. The van der Waals surface area contributed by atoms with E-state index in [0.29, 0.717) is 4.47 Å². The van der Waals surface area contributed by atoms with Crippen LogP contribution in [-0.2, 0) is 0 Å². The van der Waals surface area contributed by atoms with Gasteiger partial charge in [0, 0.05) is 21.7 Å². The summed E-state index contributed by atoms with van der Waals surface area (Å²) in [6.07, 6.45) is 0. The lowest BCUT2D eigenvalue weighted by molar-refractivity contribution is 0.532. The topological polar surface area (TPSA) is 12.0 Å². The average Bonchev–Trinajstić information content (AvgIpc) is 2.44. The van der Waals surface area contributed by atoms with Gasteiger partial charge in [0.05, 0.1) is 11.1 Å². The van der Waals surface area contributed by atoms with Crippen LogP contribution in [0.5, 0.6) is 0 Å². The van der Waals surface area contributed by atoms with Crippen LogP contribution in [0.2, 0.25) is 5.02 Å². The standard InChI is InChI=1S/C15H12BrClF3N/c1-7-5-9(12(19)6-11(7)18)15(21-2)8-3-4-10(16)13(17)14(8)20/h3-6,15,21H,1-2H3. The number of benzene rings is 2. The summed E-state index contributed by atoms with van der Waals surface area (Å²) in [4.78, 5) is 0. The minimum Gasteiger partial charge on any atom is -0.309 e. The maximum Gasteiger partial charge on any atom is 0.148 e. The molecule has 0 aromatic heterocycles. The van der Waals surface area contributed by atoms with Crippen molar-refractivity contribution < 1.29 is 13.2 Å². The molecule has 0 heterocycles. The number of halogens is 5. The quantitative estimate of drug-likeness (QED) is 0.730. The van der Waals surface area contributed by atoms with Gasteiger partial charge in [-0.25, -0.2) is 13.2 Å². The molecule has 0 saturated heterocycles. The molecule has 0 aliphatic carbocycles. The minimum atomic E-state index is -0.769. The molecule has 0 fully saturated rings. The highest BCUT2D eigenvalue weighted by atomic mass is 79.9. The predicted molar refractivity (Wildman–Crippen MR) is 81.1 cm³/mol.